The Balaban J connectivity index is 3.98. The summed E-state index contributed by atoms with van der Waals surface area (Å²) in [6, 6.07) is 0. The van der Waals surface area contributed by atoms with Crippen LogP contribution >= 0.6 is 0 Å². The summed E-state index contributed by atoms with van der Waals surface area (Å²) in [5.74, 6) is 0.221. The summed E-state index contributed by atoms with van der Waals surface area (Å²) in [6.07, 6.45) is 5.58. The number of ketones is 1. The number of aldehydes is 1. The normalized spacial score (nSPS) is 11.1. The van der Waals surface area contributed by atoms with E-state index >= 15 is 0 Å². The number of carbonyl (C=O) groups excluding carboxylic acids is 3. The summed E-state index contributed by atoms with van der Waals surface area (Å²) in [5.41, 5.74) is 0. The third kappa shape index (κ3) is 25.7. The van der Waals surface area contributed by atoms with Crippen LogP contribution in [0.3, 0.4) is 0 Å². The Labute approximate surface area is 217 Å². The Morgan fingerprint density at radius 1 is 0.611 bits per heavy atom. The molecule has 36 heavy (non-hydrogen) atoms. The van der Waals surface area contributed by atoms with Crippen LogP contribution in [0, 0.1) is 0 Å². The topological polar surface area (TPSA) is 110 Å². The second-order valence-electron chi connectivity index (χ2n) is 8.21. The monoisotopic (exact) mass is 519 g/mol. The summed E-state index contributed by atoms with van der Waals surface area (Å²) in [4.78, 5) is 35.9. The van der Waals surface area contributed by atoms with E-state index in [1.807, 2.05) is 6.92 Å². The van der Waals surface area contributed by atoms with Crippen molar-refractivity contribution in [2.24, 2.45) is 0 Å². The summed E-state index contributed by atoms with van der Waals surface area (Å²) >= 11 is 0. The number of Topliss-reactive ketones (excluding diaryl/α,β-unsaturated/α-hetero) is 1. The van der Waals surface area contributed by atoms with Gasteiger partial charge in [0.05, 0.1) is 72.5 Å². The Hall–Kier alpha value is -1.43. The van der Waals surface area contributed by atoms with E-state index in [1.54, 1.807) is 11.8 Å². The molecule has 0 saturated heterocycles. The van der Waals surface area contributed by atoms with E-state index in [2.05, 4.69) is 0 Å². The lowest BCUT2D eigenvalue weighted by Gasteiger charge is -2.23. The van der Waals surface area contributed by atoms with Gasteiger partial charge in [-0.25, -0.2) is 0 Å². The highest BCUT2D eigenvalue weighted by atomic mass is 16.6. The molecule has 0 spiro atoms. The molecule has 0 fully saturated rings. The highest BCUT2D eigenvalue weighted by Crippen LogP contribution is 2.05. The highest BCUT2D eigenvalue weighted by Gasteiger charge is 2.13. The lowest BCUT2D eigenvalue weighted by atomic mass is 10.1. The van der Waals surface area contributed by atoms with Gasteiger partial charge in [-0.15, -0.1) is 0 Å². The lowest BCUT2D eigenvalue weighted by Crippen LogP contribution is -2.35. The van der Waals surface area contributed by atoms with Gasteiger partial charge in [0.15, 0.2) is 0 Å². The summed E-state index contributed by atoms with van der Waals surface area (Å²) < 4.78 is 32.5. The zero-order valence-corrected chi connectivity index (χ0v) is 22.5. The van der Waals surface area contributed by atoms with Gasteiger partial charge in [-0.3, -0.25) is 4.79 Å². The van der Waals surface area contributed by atoms with E-state index in [0.29, 0.717) is 118 Å². The third-order valence-electron chi connectivity index (χ3n) is 5.08. The third-order valence-corrected chi connectivity index (χ3v) is 5.08. The SMILES string of the molecule is CCOCCOCCOCCOCCC(=O)N(CCCCCC(C)=O)CCOCCOCCCC=O. The molecule has 0 aliphatic heterocycles. The average molecular weight is 520 g/mol. The van der Waals surface area contributed by atoms with Crippen molar-refractivity contribution in [1.29, 1.82) is 0 Å². The number of amides is 1. The van der Waals surface area contributed by atoms with E-state index < -0.39 is 0 Å². The van der Waals surface area contributed by atoms with Gasteiger partial charge in [-0.2, -0.15) is 0 Å². The molecule has 0 bridgehead atoms. The van der Waals surface area contributed by atoms with Crippen molar-refractivity contribution >= 4 is 18.0 Å². The fraction of sp³-hybridized carbons (Fsp3) is 0.885. The molecule has 0 saturated carbocycles. The van der Waals surface area contributed by atoms with Crippen LogP contribution in [0.25, 0.3) is 0 Å². The number of hydrogen-bond donors (Lipinski definition) is 0. The van der Waals surface area contributed by atoms with Crippen molar-refractivity contribution in [2.45, 2.75) is 58.8 Å². The molecule has 0 rings (SSSR count). The number of nitrogens with zero attached hydrogens (tertiary/aromatic N) is 1. The Morgan fingerprint density at radius 2 is 1.17 bits per heavy atom. The number of ether oxygens (including phenoxy) is 6. The van der Waals surface area contributed by atoms with Gasteiger partial charge in [0.1, 0.15) is 12.1 Å². The van der Waals surface area contributed by atoms with Crippen LogP contribution in [0.15, 0.2) is 0 Å². The number of carbonyl (C=O) groups is 3. The second-order valence-corrected chi connectivity index (χ2v) is 8.21. The average Bonchev–Trinajstić information content (AvgIpc) is 2.86. The minimum absolute atomic E-state index is 0.0268. The molecule has 1 amide bonds. The largest absolute Gasteiger partial charge is 0.379 e. The Morgan fingerprint density at radius 3 is 1.75 bits per heavy atom. The molecule has 0 unspecified atom stereocenters. The van der Waals surface area contributed by atoms with E-state index in [4.69, 9.17) is 28.4 Å². The van der Waals surface area contributed by atoms with Crippen LogP contribution in [0.1, 0.15) is 58.8 Å². The van der Waals surface area contributed by atoms with E-state index in [1.165, 1.54) is 0 Å². The van der Waals surface area contributed by atoms with Gasteiger partial charge in [-0.1, -0.05) is 6.42 Å². The number of rotatable bonds is 29. The van der Waals surface area contributed by atoms with Crippen molar-refractivity contribution in [3.63, 3.8) is 0 Å². The van der Waals surface area contributed by atoms with Crippen LogP contribution in [-0.2, 0) is 42.8 Å². The summed E-state index contributed by atoms with van der Waals surface area (Å²) in [7, 11) is 0. The molecule has 0 radical (unpaired) electrons. The molecule has 212 valence electrons. The minimum Gasteiger partial charge on any atom is -0.379 e. The standard InChI is InChI=1S/C26H49NO9/c1-3-31-17-18-35-23-24-36-22-20-33-15-10-26(30)27(11-6-4-5-9-25(2)29)12-16-34-21-19-32-14-8-7-13-28/h13H,3-12,14-24H2,1-2H3. The number of unbranched alkanes of at least 4 members (excludes halogenated alkanes) is 3. The van der Waals surface area contributed by atoms with E-state index in [9.17, 15) is 14.4 Å². The molecular formula is C26H49NO9. The van der Waals surface area contributed by atoms with Crippen LogP contribution in [-0.4, -0.2) is 115 Å². The first-order chi connectivity index (χ1) is 17.6. The van der Waals surface area contributed by atoms with Crippen molar-refractivity contribution in [3.05, 3.63) is 0 Å². The maximum absolute atomic E-state index is 12.7. The first kappa shape index (κ1) is 34.6. The van der Waals surface area contributed by atoms with Crippen molar-refractivity contribution in [1.82, 2.24) is 4.90 Å². The molecule has 0 heterocycles. The predicted octanol–water partition coefficient (Wildman–Crippen LogP) is 2.45. The molecule has 0 aromatic carbocycles. The minimum atomic E-state index is 0.0268. The predicted molar refractivity (Wildman–Crippen MR) is 136 cm³/mol. The molecule has 0 aliphatic carbocycles. The highest BCUT2D eigenvalue weighted by molar-refractivity contribution is 5.76. The quantitative estimate of drug-likeness (QED) is 0.109. The van der Waals surface area contributed by atoms with Gasteiger partial charge >= 0.3 is 0 Å². The van der Waals surface area contributed by atoms with Crippen molar-refractivity contribution < 1.29 is 42.8 Å². The van der Waals surface area contributed by atoms with E-state index in [-0.39, 0.29) is 11.7 Å². The van der Waals surface area contributed by atoms with Crippen molar-refractivity contribution in [2.75, 3.05) is 92.4 Å². The molecule has 10 nitrogen and oxygen atoms in total. The van der Waals surface area contributed by atoms with Crippen molar-refractivity contribution in [3.8, 4) is 0 Å². The molecule has 0 atom stereocenters. The van der Waals surface area contributed by atoms with Gasteiger partial charge in [0.25, 0.3) is 0 Å². The zero-order valence-electron chi connectivity index (χ0n) is 22.5. The van der Waals surface area contributed by atoms with E-state index in [0.717, 1.165) is 25.5 Å². The maximum atomic E-state index is 12.7. The van der Waals surface area contributed by atoms with Crippen LogP contribution in [0.2, 0.25) is 0 Å². The van der Waals surface area contributed by atoms with Crippen LogP contribution < -0.4 is 0 Å². The van der Waals surface area contributed by atoms with Gasteiger partial charge in [0.2, 0.25) is 5.91 Å². The smallest absolute Gasteiger partial charge is 0.224 e. The summed E-state index contributed by atoms with van der Waals surface area (Å²) in [5, 5.41) is 0. The molecule has 0 aromatic rings. The maximum Gasteiger partial charge on any atom is 0.224 e. The summed E-state index contributed by atoms with van der Waals surface area (Å²) in [6.45, 7) is 10.6. The molecule has 0 aromatic heterocycles. The molecular weight excluding hydrogens is 470 g/mol. The molecule has 0 aliphatic rings. The van der Waals surface area contributed by atoms with Gasteiger partial charge < -0.3 is 42.9 Å². The lowest BCUT2D eigenvalue weighted by molar-refractivity contribution is -0.133. The van der Waals surface area contributed by atoms with Gasteiger partial charge in [-0.05, 0) is 33.1 Å². The molecule has 0 N–H and O–H groups in total. The Bertz CT molecular complexity index is 520. The Kier molecular flexibility index (Phi) is 27.0. The van der Waals surface area contributed by atoms with Gasteiger partial charge in [0, 0.05) is 39.1 Å². The van der Waals surface area contributed by atoms with Crippen LogP contribution in [0.4, 0.5) is 0 Å². The fourth-order valence-corrected chi connectivity index (χ4v) is 3.10. The second kappa shape index (κ2) is 28.1. The first-order valence-corrected chi connectivity index (χ1v) is 13.3. The molecule has 10 heteroatoms. The zero-order chi connectivity index (χ0) is 26.5. The fourth-order valence-electron chi connectivity index (χ4n) is 3.10. The first-order valence-electron chi connectivity index (χ1n) is 13.3. The number of hydrogen-bond acceptors (Lipinski definition) is 9. The van der Waals surface area contributed by atoms with Crippen LogP contribution in [0.5, 0.6) is 0 Å².